The fourth-order valence-electron chi connectivity index (χ4n) is 2.13. The first-order chi connectivity index (χ1) is 11.7. The van der Waals surface area contributed by atoms with Crippen molar-refractivity contribution in [1.29, 1.82) is 0 Å². The van der Waals surface area contributed by atoms with Crippen LogP contribution in [0.4, 0.5) is 20.2 Å². The number of ether oxygens (including phenoxy) is 1. The van der Waals surface area contributed by atoms with Gasteiger partial charge in [0.05, 0.1) is 11.3 Å². The van der Waals surface area contributed by atoms with Crippen LogP contribution in [0.25, 0.3) is 0 Å². The molecular formula is C18H17F2IN2O2. The Labute approximate surface area is 158 Å². The van der Waals surface area contributed by atoms with E-state index in [1.807, 2.05) is 13.0 Å². The second kappa shape index (κ2) is 7.81. The molecule has 0 spiro atoms. The highest BCUT2D eigenvalue weighted by Gasteiger charge is 2.23. The van der Waals surface area contributed by atoms with Gasteiger partial charge in [0.1, 0.15) is 6.61 Å². The molecule has 1 amide bonds. The van der Waals surface area contributed by atoms with Crippen molar-refractivity contribution in [3.05, 3.63) is 62.7 Å². The monoisotopic (exact) mass is 458 g/mol. The SMILES string of the molecule is C=C(C)COc1cc(C(N)=O)c(Nc2ccc(I)cc2C)c(F)c1F. The topological polar surface area (TPSA) is 64.3 Å². The maximum absolute atomic E-state index is 14.6. The van der Waals surface area contributed by atoms with Gasteiger partial charge in [-0.2, -0.15) is 4.39 Å². The lowest BCUT2D eigenvalue weighted by Crippen LogP contribution is -2.16. The summed E-state index contributed by atoms with van der Waals surface area (Å²) >= 11 is 2.14. The summed E-state index contributed by atoms with van der Waals surface area (Å²) in [5.41, 5.74) is 6.78. The van der Waals surface area contributed by atoms with E-state index >= 15 is 0 Å². The minimum Gasteiger partial charge on any atom is -0.486 e. The molecule has 0 aliphatic heterocycles. The number of aryl methyl sites for hydroxylation is 1. The van der Waals surface area contributed by atoms with E-state index in [1.165, 1.54) is 0 Å². The Morgan fingerprint density at radius 3 is 2.56 bits per heavy atom. The van der Waals surface area contributed by atoms with Gasteiger partial charge >= 0.3 is 0 Å². The molecule has 0 bridgehead atoms. The number of rotatable bonds is 6. The molecule has 3 N–H and O–H groups in total. The van der Waals surface area contributed by atoms with Gasteiger partial charge in [-0.1, -0.05) is 6.58 Å². The maximum atomic E-state index is 14.6. The van der Waals surface area contributed by atoms with Gasteiger partial charge in [0.25, 0.3) is 5.91 Å². The van der Waals surface area contributed by atoms with Crippen molar-refractivity contribution in [3.63, 3.8) is 0 Å². The average Bonchev–Trinajstić information content (AvgIpc) is 2.52. The lowest BCUT2D eigenvalue weighted by molar-refractivity contribution is 0.1000. The number of carbonyl (C=O) groups excluding carboxylic acids is 1. The van der Waals surface area contributed by atoms with E-state index in [9.17, 15) is 13.6 Å². The Balaban J connectivity index is 2.51. The van der Waals surface area contributed by atoms with Crippen LogP contribution in [0.2, 0.25) is 0 Å². The predicted octanol–water partition coefficient (Wildman–Crippen LogP) is 4.68. The number of primary amides is 1. The van der Waals surface area contributed by atoms with Crippen molar-refractivity contribution in [3.8, 4) is 5.75 Å². The van der Waals surface area contributed by atoms with E-state index in [0.717, 1.165) is 15.2 Å². The van der Waals surface area contributed by atoms with Crippen LogP contribution in [0, 0.1) is 22.1 Å². The fourth-order valence-corrected chi connectivity index (χ4v) is 2.77. The molecule has 0 saturated carbocycles. The van der Waals surface area contributed by atoms with E-state index in [0.29, 0.717) is 11.3 Å². The van der Waals surface area contributed by atoms with E-state index in [4.69, 9.17) is 10.5 Å². The van der Waals surface area contributed by atoms with Crippen LogP contribution in [-0.4, -0.2) is 12.5 Å². The number of carbonyl (C=O) groups is 1. The molecule has 0 aromatic heterocycles. The quantitative estimate of drug-likeness (QED) is 0.489. The van der Waals surface area contributed by atoms with Gasteiger partial charge in [0, 0.05) is 9.26 Å². The minimum atomic E-state index is -1.23. The molecule has 0 radical (unpaired) electrons. The van der Waals surface area contributed by atoms with Crippen LogP contribution in [0.5, 0.6) is 5.75 Å². The molecule has 2 aromatic rings. The molecule has 0 aliphatic rings. The third-order valence-electron chi connectivity index (χ3n) is 3.36. The Kier molecular flexibility index (Phi) is 5.99. The largest absolute Gasteiger partial charge is 0.486 e. The number of benzene rings is 2. The minimum absolute atomic E-state index is 0.00241. The van der Waals surface area contributed by atoms with Gasteiger partial charge in [-0.05, 0) is 71.8 Å². The van der Waals surface area contributed by atoms with Crippen LogP contribution in [0.3, 0.4) is 0 Å². The highest BCUT2D eigenvalue weighted by Crippen LogP contribution is 2.33. The first kappa shape index (κ1) is 19.2. The normalized spacial score (nSPS) is 10.4. The van der Waals surface area contributed by atoms with E-state index in [-0.39, 0.29) is 23.6 Å². The number of hydrogen-bond acceptors (Lipinski definition) is 3. The summed E-state index contributed by atoms with van der Waals surface area (Å²) < 4.78 is 35.0. The lowest BCUT2D eigenvalue weighted by atomic mass is 10.1. The van der Waals surface area contributed by atoms with Gasteiger partial charge < -0.3 is 15.8 Å². The smallest absolute Gasteiger partial charge is 0.251 e. The number of halogens is 3. The van der Waals surface area contributed by atoms with Crippen molar-refractivity contribution in [2.24, 2.45) is 5.73 Å². The van der Waals surface area contributed by atoms with Gasteiger partial charge in [0.15, 0.2) is 11.6 Å². The maximum Gasteiger partial charge on any atom is 0.251 e. The van der Waals surface area contributed by atoms with Crippen LogP contribution in [0.15, 0.2) is 36.4 Å². The van der Waals surface area contributed by atoms with Gasteiger partial charge in [-0.15, -0.1) is 0 Å². The van der Waals surface area contributed by atoms with Crippen molar-refractivity contribution in [2.45, 2.75) is 13.8 Å². The molecular weight excluding hydrogens is 441 g/mol. The number of nitrogens with one attached hydrogen (secondary N) is 1. The summed E-state index contributed by atoms with van der Waals surface area (Å²) in [6.07, 6.45) is 0. The van der Waals surface area contributed by atoms with Crippen molar-refractivity contribution < 1.29 is 18.3 Å². The third kappa shape index (κ3) is 4.47. The molecule has 7 heteroatoms. The van der Waals surface area contributed by atoms with E-state index < -0.39 is 17.5 Å². The highest BCUT2D eigenvalue weighted by molar-refractivity contribution is 14.1. The van der Waals surface area contributed by atoms with Crippen molar-refractivity contribution in [1.82, 2.24) is 0 Å². The van der Waals surface area contributed by atoms with Gasteiger partial charge in [-0.25, -0.2) is 4.39 Å². The molecule has 25 heavy (non-hydrogen) atoms. The molecule has 2 aromatic carbocycles. The molecule has 0 aliphatic carbocycles. The summed E-state index contributed by atoms with van der Waals surface area (Å²) in [7, 11) is 0. The highest BCUT2D eigenvalue weighted by atomic mass is 127. The number of anilines is 2. The first-order valence-electron chi connectivity index (χ1n) is 7.33. The van der Waals surface area contributed by atoms with Gasteiger partial charge in [-0.3, -0.25) is 4.79 Å². The summed E-state index contributed by atoms with van der Waals surface area (Å²) in [4.78, 5) is 11.7. The number of hydrogen-bond donors (Lipinski definition) is 2. The summed E-state index contributed by atoms with van der Waals surface area (Å²) in [6.45, 7) is 7.11. The average molecular weight is 458 g/mol. The molecule has 132 valence electrons. The van der Waals surface area contributed by atoms with Crippen LogP contribution >= 0.6 is 22.6 Å². The Bertz CT molecular complexity index is 853. The standard InChI is InChI=1S/C18H17F2IN2O2/c1-9(2)8-25-14-7-12(18(22)24)17(16(20)15(14)19)23-13-5-4-11(21)6-10(13)3/h4-7,23H,1,8H2,2-3H3,(H2,22,24). The Morgan fingerprint density at radius 2 is 2.00 bits per heavy atom. The Morgan fingerprint density at radius 1 is 1.32 bits per heavy atom. The van der Waals surface area contributed by atoms with Gasteiger partial charge in [0.2, 0.25) is 5.82 Å². The summed E-state index contributed by atoms with van der Waals surface area (Å²) in [5, 5.41) is 2.76. The van der Waals surface area contributed by atoms with Crippen molar-refractivity contribution in [2.75, 3.05) is 11.9 Å². The zero-order valence-electron chi connectivity index (χ0n) is 13.8. The lowest BCUT2D eigenvalue weighted by Gasteiger charge is -2.16. The predicted molar refractivity (Wildman–Crippen MR) is 102 cm³/mol. The second-order valence-corrected chi connectivity index (χ2v) is 6.87. The van der Waals surface area contributed by atoms with E-state index in [2.05, 4.69) is 34.5 Å². The summed E-state index contributed by atoms with van der Waals surface area (Å²) in [5.74, 6) is -3.72. The fraction of sp³-hybridized carbons (Fsp3) is 0.167. The molecule has 0 saturated heterocycles. The van der Waals surface area contributed by atoms with Crippen LogP contribution < -0.4 is 15.8 Å². The molecule has 0 fully saturated rings. The van der Waals surface area contributed by atoms with E-state index in [1.54, 1.807) is 19.1 Å². The molecule has 0 atom stereocenters. The number of amides is 1. The molecule has 2 rings (SSSR count). The molecule has 0 unspecified atom stereocenters. The third-order valence-corrected chi connectivity index (χ3v) is 4.03. The Hall–Kier alpha value is -2.16. The zero-order chi connectivity index (χ0) is 18.7. The second-order valence-electron chi connectivity index (χ2n) is 5.62. The zero-order valence-corrected chi connectivity index (χ0v) is 15.9. The summed E-state index contributed by atoms with van der Waals surface area (Å²) in [6, 6.07) is 6.47. The number of nitrogens with two attached hydrogens (primary N) is 1. The molecule has 0 heterocycles. The van der Waals surface area contributed by atoms with Crippen molar-refractivity contribution >= 4 is 39.9 Å². The van der Waals surface area contributed by atoms with Crippen LogP contribution in [0.1, 0.15) is 22.8 Å². The van der Waals surface area contributed by atoms with Crippen LogP contribution in [-0.2, 0) is 0 Å². The first-order valence-corrected chi connectivity index (χ1v) is 8.40. The molecule has 4 nitrogen and oxygen atoms in total.